The number of nitrogens with one attached hydrogen (secondary N) is 1. The smallest absolute Gasteiger partial charge is 0.330 e. The molecule has 4 atom stereocenters. The summed E-state index contributed by atoms with van der Waals surface area (Å²) in [6, 6.07) is 0. The van der Waals surface area contributed by atoms with E-state index in [-0.39, 0.29) is 0 Å². The van der Waals surface area contributed by atoms with Gasteiger partial charge in [-0.2, -0.15) is 0 Å². The summed E-state index contributed by atoms with van der Waals surface area (Å²) in [6.07, 6.45) is -3.05. The SMILES string of the molecule is CCc1cn([C@@H]2O[C@H](CO)C(O)C2O)c(=O)[nH]c1=O. The van der Waals surface area contributed by atoms with Crippen LogP contribution in [0.15, 0.2) is 15.8 Å². The first-order valence-corrected chi connectivity index (χ1v) is 5.96. The van der Waals surface area contributed by atoms with Gasteiger partial charge in [0.15, 0.2) is 6.23 Å². The van der Waals surface area contributed by atoms with Crippen LogP contribution in [0, 0.1) is 0 Å². The lowest BCUT2D eigenvalue weighted by molar-refractivity contribution is -0.0551. The van der Waals surface area contributed by atoms with Crippen LogP contribution in [0.1, 0.15) is 18.7 Å². The van der Waals surface area contributed by atoms with Gasteiger partial charge in [-0.15, -0.1) is 0 Å². The molecule has 0 radical (unpaired) electrons. The maximum absolute atomic E-state index is 11.7. The molecule has 0 aliphatic carbocycles. The Hall–Kier alpha value is -1.48. The first-order valence-electron chi connectivity index (χ1n) is 5.96. The molecule has 8 nitrogen and oxygen atoms in total. The van der Waals surface area contributed by atoms with Crippen molar-refractivity contribution in [3.05, 3.63) is 32.6 Å². The predicted molar refractivity (Wildman–Crippen MR) is 63.7 cm³/mol. The van der Waals surface area contributed by atoms with Gasteiger partial charge in [0.05, 0.1) is 6.61 Å². The van der Waals surface area contributed by atoms with Crippen molar-refractivity contribution in [3.8, 4) is 0 Å². The van der Waals surface area contributed by atoms with Gasteiger partial charge in [0.25, 0.3) is 5.56 Å². The molecule has 8 heteroatoms. The first-order chi connectivity index (χ1) is 8.99. The quantitative estimate of drug-likeness (QED) is 0.491. The van der Waals surface area contributed by atoms with E-state index in [4.69, 9.17) is 9.84 Å². The highest BCUT2D eigenvalue weighted by Crippen LogP contribution is 2.27. The van der Waals surface area contributed by atoms with Gasteiger partial charge in [-0.1, -0.05) is 6.92 Å². The molecular formula is C11H16N2O6. The van der Waals surface area contributed by atoms with E-state index in [0.29, 0.717) is 12.0 Å². The molecule has 19 heavy (non-hydrogen) atoms. The third-order valence-electron chi connectivity index (χ3n) is 3.21. The van der Waals surface area contributed by atoms with Gasteiger partial charge in [-0.05, 0) is 6.42 Å². The van der Waals surface area contributed by atoms with Crippen LogP contribution in [0.3, 0.4) is 0 Å². The summed E-state index contributed by atoms with van der Waals surface area (Å²) in [6.45, 7) is 1.27. The number of hydrogen-bond donors (Lipinski definition) is 4. The zero-order valence-electron chi connectivity index (χ0n) is 10.3. The second kappa shape index (κ2) is 5.25. The monoisotopic (exact) mass is 272 g/mol. The maximum atomic E-state index is 11.7. The highest BCUT2D eigenvalue weighted by Gasteiger charge is 2.43. The molecular weight excluding hydrogens is 256 g/mol. The fraction of sp³-hybridized carbons (Fsp3) is 0.636. The van der Waals surface area contributed by atoms with E-state index in [1.54, 1.807) is 6.92 Å². The van der Waals surface area contributed by atoms with Crippen LogP contribution in [0.2, 0.25) is 0 Å². The number of aryl methyl sites for hydroxylation is 1. The molecule has 1 aromatic rings. The molecule has 2 rings (SSSR count). The standard InChI is InChI=1S/C11H16N2O6/c1-2-5-3-13(11(18)12-9(5)17)10-8(16)7(15)6(4-14)19-10/h3,6-8,10,14-16H,2,4H2,1H3,(H,12,17,18)/t6-,7?,8?,10-/m1/s1. The molecule has 0 bridgehead atoms. The summed E-state index contributed by atoms with van der Waals surface area (Å²) in [7, 11) is 0. The Morgan fingerprint density at radius 1 is 1.37 bits per heavy atom. The summed E-state index contributed by atoms with van der Waals surface area (Å²) in [4.78, 5) is 25.3. The minimum absolute atomic E-state index is 0.359. The molecule has 0 aromatic carbocycles. The lowest BCUT2D eigenvalue weighted by Crippen LogP contribution is -2.38. The predicted octanol–water partition coefficient (Wildman–Crippen LogP) is -2.29. The topological polar surface area (TPSA) is 125 Å². The Kier molecular flexibility index (Phi) is 3.85. The Morgan fingerprint density at radius 3 is 2.58 bits per heavy atom. The van der Waals surface area contributed by atoms with Crippen molar-refractivity contribution in [1.82, 2.24) is 9.55 Å². The Bertz CT molecular complexity index is 565. The fourth-order valence-electron chi connectivity index (χ4n) is 2.08. The maximum Gasteiger partial charge on any atom is 0.330 e. The average Bonchev–Trinajstić information content (AvgIpc) is 2.67. The van der Waals surface area contributed by atoms with Crippen LogP contribution in [0.5, 0.6) is 0 Å². The minimum atomic E-state index is -1.36. The van der Waals surface area contributed by atoms with Gasteiger partial charge in [-0.3, -0.25) is 14.3 Å². The van der Waals surface area contributed by atoms with Gasteiger partial charge in [0.2, 0.25) is 0 Å². The van der Waals surface area contributed by atoms with E-state index in [1.165, 1.54) is 6.20 Å². The molecule has 2 heterocycles. The van der Waals surface area contributed by atoms with Crippen LogP contribution >= 0.6 is 0 Å². The van der Waals surface area contributed by atoms with E-state index in [0.717, 1.165) is 4.57 Å². The summed E-state index contributed by atoms with van der Waals surface area (Å²) >= 11 is 0. The van der Waals surface area contributed by atoms with Crippen LogP contribution in [-0.2, 0) is 11.2 Å². The number of aromatic amines is 1. The zero-order valence-corrected chi connectivity index (χ0v) is 10.3. The molecule has 2 unspecified atom stereocenters. The van der Waals surface area contributed by atoms with E-state index in [1.807, 2.05) is 0 Å². The zero-order chi connectivity index (χ0) is 14.2. The van der Waals surface area contributed by atoms with Crippen LogP contribution in [-0.4, -0.2) is 49.8 Å². The molecule has 1 aliphatic rings. The van der Waals surface area contributed by atoms with Crippen molar-refractivity contribution in [2.75, 3.05) is 6.61 Å². The highest BCUT2D eigenvalue weighted by atomic mass is 16.6. The van der Waals surface area contributed by atoms with Gasteiger partial charge < -0.3 is 20.1 Å². The average molecular weight is 272 g/mol. The van der Waals surface area contributed by atoms with Crippen molar-refractivity contribution >= 4 is 0 Å². The normalized spacial score (nSPS) is 30.7. The number of H-pyrrole nitrogens is 1. The van der Waals surface area contributed by atoms with E-state index < -0.39 is 42.4 Å². The van der Waals surface area contributed by atoms with E-state index >= 15 is 0 Å². The van der Waals surface area contributed by atoms with Gasteiger partial charge in [0.1, 0.15) is 18.3 Å². The summed E-state index contributed by atoms with van der Waals surface area (Å²) in [5.74, 6) is 0. The Labute approximate surface area is 107 Å². The molecule has 1 aliphatic heterocycles. The Morgan fingerprint density at radius 2 is 2.05 bits per heavy atom. The molecule has 4 N–H and O–H groups in total. The highest BCUT2D eigenvalue weighted by molar-refractivity contribution is 5.05. The van der Waals surface area contributed by atoms with Crippen LogP contribution in [0.4, 0.5) is 0 Å². The number of aromatic nitrogens is 2. The fourth-order valence-corrected chi connectivity index (χ4v) is 2.08. The van der Waals surface area contributed by atoms with Crippen molar-refractivity contribution in [3.63, 3.8) is 0 Å². The second-order valence-corrected chi connectivity index (χ2v) is 4.40. The number of ether oxygens (including phenoxy) is 1. The third kappa shape index (κ3) is 2.35. The Balaban J connectivity index is 2.43. The lowest BCUT2D eigenvalue weighted by Gasteiger charge is -2.17. The molecule has 1 saturated heterocycles. The number of aliphatic hydroxyl groups excluding tert-OH is 3. The summed E-state index contributed by atoms with van der Waals surface area (Å²) < 4.78 is 6.25. The number of nitrogens with zero attached hydrogens (tertiary/aromatic N) is 1. The number of rotatable bonds is 3. The number of hydrogen-bond acceptors (Lipinski definition) is 6. The van der Waals surface area contributed by atoms with Gasteiger partial charge in [-0.25, -0.2) is 4.79 Å². The summed E-state index contributed by atoms with van der Waals surface area (Å²) in [5.41, 5.74) is -0.870. The molecule has 0 saturated carbocycles. The third-order valence-corrected chi connectivity index (χ3v) is 3.21. The molecule has 0 spiro atoms. The molecule has 0 amide bonds. The molecule has 1 aromatic heterocycles. The van der Waals surface area contributed by atoms with Crippen LogP contribution in [0.25, 0.3) is 0 Å². The minimum Gasteiger partial charge on any atom is -0.394 e. The largest absolute Gasteiger partial charge is 0.394 e. The van der Waals surface area contributed by atoms with Crippen LogP contribution < -0.4 is 11.2 Å². The number of aliphatic hydroxyl groups is 3. The molecule has 106 valence electrons. The van der Waals surface area contributed by atoms with Crippen molar-refractivity contribution in [1.29, 1.82) is 0 Å². The second-order valence-electron chi connectivity index (χ2n) is 4.40. The first kappa shape index (κ1) is 13.9. The van der Waals surface area contributed by atoms with Gasteiger partial charge in [0, 0.05) is 11.8 Å². The molecule has 1 fully saturated rings. The van der Waals surface area contributed by atoms with Crippen molar-refractivity contribution in [2.24, 2.45) is 0 Å². The van der Waals surface area contributed by atoms with E-state index in [9.17, 15) is 19.8 Å². The lowest BCUT2D eigenvalue weighted by atomic mass is 10.1. The van der Waals surface area contributed by atoms with E-state index in [2.05, 4.69) is 4.98 Å². The van der Waals surface area contributed by atoms with Gasteiger partial charge >= 0.3 is 5.69 Å². The summed E-state index contributed by atoms with van der Waals surface area (Å²) in [5, 5.41) is 28.5. The van der Waals surface area contributed by atoms with Crippen molar-refractivity contribution in [2.45, 2.75) is 37.9 Å². The van der Waals surface area contributed by atoms with Crippen molar-refractivity contribution < 1.29 is 20.1 Å².